The highest BCUT2D eigenvalue weighted by molar-refractivity contribution is 7.15. The Morgan fingerprint density at radius 1 is 1.13 bits per heavy atom. The summed E-state index contributed by atoms with van der Waals surface area (Å²) < 4.78 is 18.5. The Bertz CT molecular complexity index is 1310. The normalized spacial score (nSPS) is 12.0. The molecule has 2 heterocycles. The topological polar surface area (TPSA) is 75.0 Å². The summed E-state index contributed by atoms with van der Waals surface area (Å²) in [5, 5.41) is 4.40. The number of aromatic nitrogens is 3. The number of nitrogens with zero attached hydrogens (tertiary/aromatic N) is 3. The smallest absolute Gasteiger partial charge is 0.291 e. The first-order valence-corrected chi connectivity index (χ1v) is 10.8. The number of methoxy groups -OCH3 is 1. The van der Waals surface area contributed by atoms with Gasteiger partial charge in [-0.1, -0.05) is 17.4 Å². The van der Waals surface area contributed by atoms with Crippen molar-refractivity contribution >= 4 is 22.4 Å². The van der Waals surface area contributed by atoms with E-state index in [-0.39, 0.29) is 11.7 Å². The van der Waals surface area contributed by atoms with Gasteiger partial charge in [-0.05, 0) is 68.8 Å². The van der Waals surface area contributed by atoms with Crippen LogP contribution in [0.25, 0.3) is 22.4 Å². The Labute approximate surface area is 183 Å². The summed E-state index contributed by atoms with van der Waals surface area (Å²) in [4.78, 5) is 17.9. The number of thiazole rings is 1. The van der Waals surface area contributed by atoms with Gasteiger partial charge in [-0.3, -0.25) is 4.79 Å². The average molecular weight is 438 g/mol. The minimum atomic E-state index is -0.203. The first-order chi connectivity index (χ1) is 15.0. The number of fused-ring (bicyclic) bond motifs is 1. The maximum atomic E-state index is 12.8. The maximum Gasteiger partial charge on any atom is 0.291 e. The molecular weight excluding hydrogens is 414 g/mol. The Hall–Kier alpha value is -3.39. The summed E-state index contributed by atoms with van der Waals surface area (Å²) in [5.41, 5.74) is 1.46. The molecule has 31 heavy (non-hydrogen) atoms. The third-order valence-corrected chi connectivity index (χ3v) is 5.41. The predicted octanol–water partition coefficient (Wildman–Crippen LogP) is 3.56. The molecule has 0 N–H and O–H groups in total. The van der Waals surface area contributed by atoms with Crippen LogP contribution in [0.4, 0.5) is 0 Å². The van der Waals surface area contributed by atoms with Gasteiger partial charge in [0.25, 0.3) is 5.56 Å². The molecule has 0 saturated carbocycles. The summed E-state index contributed by atoms with van der Waals surface area (Å²) in [5.74, 6) is 2.58. The predicted molar refractivity (Wildman–Crippen MR) is 121 cm³/mol. The van der Waals surface area contributed by atoms with Gasteiger partial charge < -0.3 is 14.2 Å². The molecule has 0 spiro atoms. The van der Waals surface area contributed by atoms with Crippen LogP contribution in [-0.2, 0) is 0 Å². The van der Waals surface area contributed by atoms with Crippen LogP contribution in [0.3, 0.4) is 0 Å². The summed E-state index contributed by atoms with van der Waals surface area (Å²) in [7, 11) is 1.59. The molecule has 0 saturated heterocycles. The van der Waals surface area contributed by atoms with E-state index in [0.29, 0.717) is 33.4 Å². The zero-order valence-electron chi connectivity index (χ0n) is 17.8. The fourth-order valence-corrected chi connectivity index (χ4v) is 4.01. The Morgan fingerprint density at radius 2 is 1.90 bits per heavy atom. The van der Waals surface area contributed by atoms with E-state index in [1.165, 1.54) is 15.9 Å². The van der Waals surface area contributed by atoms with Crippen molar-refractivity contribution < 1.29 is 14.2 Å². The van der Waals surface area contributed by atoms with Crippen molar-refractivity contribution in [1.82, 2.24) is 14.6 Å². The molecule has 8 heteroatoms. The van der Waals surface area contributed by atoms with Crippen molar-refractivity contribution in [1.29, 1.82) is 0 Å². The third kappa shape index (κ3) is 4.39. The second-order valence-corrected chi connectivity index (χ2v) is 8.09. The monoisotopic (exact) mass is 437 g/mol. The minimum Gasteiger partial charge on any atom is -0.494 e. The number of hydrogen-bond donors (Lipinski definition) is 0. The van der Waals surface area contributed by atoms with Gasteiger partial charge in [-0.2, -0.15) is 9.50 Å². The summed E-state index contributed by atoms with van der Waals surface area (Å²) in [6.45, 7) is 6.46. The van der Waals surface area contributed by atoms with Crippen LogP contribution < -0.4 is 24.3 Å². The Balaban J connectivity index is 1.67. The standard InChI is InChI=1S/C23H23N3O4S/c1-5-29-17-9-7-16(8-10-17)21-24-23-26(25-21)22(27)20(31-23)13-15-6-11-18(30-14(2)3)19(12-15)28-4/h6-14H,5H2,1-4H3. The molecule has 4 rings (SSSR count). The molecule has 0 atom stereocenters. The molecule has 0 aliphatic rings. The van der Waals surface area contributed by atoms with Crippen LogP contribution >= 0.6 is 11.3 Å². The van der Waals surface area contributed by atoms with E-state index in [2.05, 4.69) is 10.1 Å². The van der Waals surface area contributed by atoms with Gasteiger partial charge >= 0.3 is 0 Å². The van der Waals surface area contributed by atoms with E-state index in [1.54, 1.807) is 7.11 Å². The fraction of sp³-hybridized carbons (Fsp3) is 0.261. The molecule has 0 unspecified atom stereocenters. The Morgan fingerprint density at radius 3 is 2.55 bits per heavy atom. The molecule has 0 amide bonds. The van der Waals surface area contributed by atoms with Crippen LogP contribution in [0.5, 0.6) is 17.2 Å². The second-order valence-electron chi connectivity index (χ2n) is 7.08. The molecule has 0 aliphatic carbocycles. The fourth-order valence-electron chi connectivity index (χ4n) is 3.10. The zero-order chi connectivity index (χ0) is 22.0. The quantitative estimate of drug-likeness (QED) is 0.440. The van der Waals surface area contributed by atoms with E-state index in [9.17, 15) is 4.79 Å². The molecule has 7 nitrogen and oxygen atoms in total. The summed E-state index contributed by atoms with van der Waals surface area (Å²) in [6.07, 6.45) is 1.85. The number of hydrogen-bond acceptors (Lipinski definition) is 7. The molecule has 0 radical (unpaired) electrons. The van der Waals surface area contributed by atoms with E-state index in [0.717, 1.165) is 16.9 Å². The van der Waals surface area contributed by atoms with Gasteiger partial charge in [0, 0.05) is 5.56 Å². The lowest BCUT2D eigenvalue weighted by molar-refractivity contribution is 0.230. The molecule has 2 aromatic carbocycles. The van der Waals surface area contributed by atoms with Crippen molar-refractivity contribution in [2.45, 2.75) is 26.9 Å². The molecule has 0 aliphatic heterocycles. The van der Waals surface area contributed by atoms with Crippen molar-refractivity contribution in [2.24, 2.45) is 0 Å². The van der Waals surface area contributed by atoms with Crippen LogP contribution in [0.1, 0.15) is 26.3 Å². The highest BCUT2D eigenvalue weighted by atomic mass is 32.1. The SMILES string of the molecule is CCOc1ccc(-c2nc3sc(=Cc4ccc(OC(C)C)c(OC)c4)c(=O)n3n2)cc1. The van der Waals surface area contributed by atoms with Gasteiger partial charge in [0.2, 0.25) is 4.96 Å². The van der Waals surface area contributed by atoms with E-state index < -0.39 is 0 Å². The van der Waals surface area contributed by atoms with Crippen molar-refractivity contribution in [3.63, 3.8) is 0 Å². The number of benzene rings is 2. The molecule has 0 bridgehead atoms. The van der Waals surface area contributed by atoms with Gasteiger partial charge in [-0.25, -0.2) is 0 Å². The number of ether oxygens (including phenoxy) is 3. The Kier molecular flexibility index (Phi) is 5.90. The van der Waals surface area contributed by atoms with Gasteiger partial charge in [-0.15, -0.1) is 5.10 Å². The lowest BCUT2D eigenvalue weighted by Gasteiger charge is -2.13. The van der Waals surface area contributed by atoms with Crippen LogP contribution in [0, 0.1) is 0 Å². The van der Waals surface area contributed by atoms with Gasteiger partial charge in [0.15, 0.2) is 17.3 Å². The lowest BCUT2D eigenvalue weighted by Crippen LogP contribution is -2.23. The molecular formula is C23H23N3O4S. The zero-order valence-corrected chi connectivity index (χ0v) is 18.6. The van der Waals surface area contributed by atoms with Crippen LogP contribution in [0.15, 0.2) is 47.3 Å². The molecule has 0 fully saturated rings. The van der Waals surface area contributed by atoms with Gasteiger partial charge in [0.05, 0.1) is 24.4 Å². The van der Waals surface area contributed by atoms with Crippen molar-refractivity contribution in [3.05, 3.63) is 62.9 Å². The van der Waals surface area contributed by atoms with E-state index in [1.807, 2.05) is 69.3 Å². The van der Waals surface area contributed by atoms with Crippen LogP contribution in [0.2, 0.25) is 0 Å². The average Bonchev–Trinajstić information content (AvgIpc) is 3.29. The second kappa shape index (κ2) is 8.77. The molecule has 2 aromatic heterocycles. The highest BCUT2D eigenvalue weighted by Crippen LogP contribution is 2.29. The minimum absolute atomic E-state index is 0.0395. The first kappa shape index (κ1) is 20.9. The highest BCUT2D eigenvalue weighted by Gasteiger charge is 2.13. The van der Waals surface area contributed by atoms with E-state index >= 15 is 0 Å². The van der Waals surface area contributed by atoms with Crippen molar-refractivity contribution in [3.8, 4) is 28.6 Å². The maximum absolute atomic E-state index is 12.8. The molecule has 4 aromatic rings. The number of rotatable bonds is 7. The van der Waals surface area contributed by atoms with Crippen molar-refractivity contribution in [2.75, 3.05) is 13.7 Å². The molecule has 160 valence electrons. The van der Waals surface area contributed by atoms with Crippen LogP contribution in [-0.4, -0.2) is 34.4 Å². The summed E-state index contributed by atoms with van der Waals surface area (Å²) in [6, 6.07) is 13.1. The summed E-state index contributed by atoms with van der Waals surface area (Å²) >= 11 is 1.30. The van der Waals surface area contributed by atoms with Gasteiger partial charge in [0.1, 0.15) is 5.75 Å². The van der Waals surface area contributed by atoms with E-state index in [4.69, 9.17) is 14.2 Å². The lowest BCUT2D eigenvalue weighted by atomic mass is 10.2. The third-order valence-electron chi connectivity index (χ3n) is 4.45. The largest absolute Gasteiger partial charge is 0.494 e. The first-order valence-electron chi connectivity index (χ1n) is 9.97.